The van der Waals surface area contributed by atoms with E-state index in [0.717, 1.165) is 19.4 Å². The molecule has 3 heteroatoms. The van der Waals surface area contributed by atoms with Crippen LogP contribution in [0.15, 0.2) is 0 Å². The summed E-state index contributed by atoms with van der Waals surface area (Å²) in [5.74, 6) is 1.01. The van der Waals surface area contributed by atoms with Crippen LogP contribution in [-0.2, 0) is 4.79 Å². The van der Waals surface area contributed by atoms with Gasteiger partial charge in [-0.1, -0.05) is 0 Å². The first kappa shape index (κ1) is 8.02. The molecule has 0 radical (unpaired) electrons. The molecule has 0 saturated carbocycles. The van der Waals surface area contributed by atoms with Gasteiger partial charge < -0.3 is 5.32 Å². The molecule has 1 unspecified atom stereocenters. The fourth-order valence-corrected chi connectivity index (χ4v) is 1.36. The average Bonchev–Trinajstić information content (AvgIpc) is 2.31. The van der Waals surface area contributed by atoms with Crippen LogP contribution < -0.4 is 5.32 Å². The van der Waals surface area contributed by atoms with Crippen LogP contribution in [0.2, 0.25) is 0 Å². The summed E-state index contributed by atoms with van der Waals surface area (Å²) in [5, 5.41) is 3.13. The summed E-state index contributed by atoms with van der Waals surface area (Å²) >= 11 is 5.49. The second kappa shape index (κ2) is 3.94. The van der Waals surface area contributed by atoms with Gasteiger partial charge in [0, 0.05) is 18.8 Å². The van der Waals surface area contributed by atoms with Gasteiger partial charge in [-0.2, -0.15) is 0 Å². The zero-order valence-electron chi connectivity index (χ0n) is 5.90. The van der Waals surface area contributed by atoms with Crippen molar-refractivity contribution >= 4 is 17.4 Å². The molecule has 1 N–H and O–H groups in total. The molecule has 1 saturated heterocycles. The third-order valence-electron chi connectivity index (χ3n) is 1.78. The van der Waals surface area contributed by atoms with E-state index in [2.05, 4.69) is 5.32 Å². The number of carbonyl (C=O) groups excluding carboxylic acids is 1. The third kappa shape index (κ3) is 1.96. The number of ketones is 1. The van der Waals surface area contributed by atoms with Crippen LogP contribution in [0.5, 0.6) is 0 Å². The highest BCUT2D eigenvalue weighted by molar-refractivity contribution is 6.17. The molecule has 10 heavy (non-hydrogen) atoms. The van der Waals surface area contributed by atoms with Crippen molar-refractivity contribution < 1.29 is 4.79 Å². The minimum absolute atomic E-state index is 0.110. The van der Waals surface area contributed by atoms with Gasteiger partial charge in [0.1, 0.15) is 0 Å². The summed E-state index contributed by atoms with van der Waals surface area (Å²) in [7, 11) is 0. The third-order valence-corrected chi connectivity index (χ3v) is 2.04. The fourth-order valence-electron chi connectivity index (χ4n) is 1.20. The van der Waals surface area contributed by atoms with Gasteiger partial charge in [-0.3, -0.25) is 4.79 Å². The fraction of sp³-hybridized carbons (Fsp3) is 0.857. The highest BCUT2D eigenvalue weighted by Gasteiger charge is 2.22. The van der Waals surface area contributed by atoms with E-state index < -0.39 is 0 Å². The van der Waals surface area contributed by atoms with Gasteiger partial charge in [0.2, 0.25) is 0 Å². The summed E-state index contributed by atoms with van der Waals surface area (Å²) < 4.78 is 0. The van der Waals surface area contributed by atoms with Gasteiger partial charge in [0.15, 0.2) is 5.78 Å². The molecule has 0 spiro atoms. The molecule has 0 aromatic rings. The maximum atomic E-state index is 11.0. The molecule has 1 heterocycles. The van der Waals surface area contributed by atoms with Crippen LogP contribution in [0.1, 0.15) is 19.3 Å². The van der Waals surface area contributed by atoms with E-state index in [0.29, 0.717) is 18.1 Å². The number of halogens is 1. The molecule has 0 aromatic carbocycles. The Morgan fingerprint density at radius 2 is 2.50 bits per heavy atom. The quantitative estimate of drug-likeness (QED) is 0.625. The van der Waals surface area contributed by atoms with Gasteiger partial charge >= 0.3 is 0 Å². The monoisotopic (exact) mass is 161 g/mol. The summed E-state index contributed by atoms with van der Waals surface area (Å²) in [5.41, 5.74) is 0. The summed E-state index contributed by atoms with van der Waals surface area (Å²) in [6.07, 6.45) is 2.54. The molecule has 0 aliphatic carbocycles. The molecule has 1 atom stereocenters. The van der Waals surface area contributed by atoms with Crippen molar-refractivity contribution in [3.05, 3.63) is 0 Å². The lowest BCUT2D eigenvalue weighted by molar-refractivity contribution is -0.118. The van der Waals surface area contributed by atoms with Gasteiger partial charge in [-0.15, -0.1) is 11.6 Å². The minimum atomic E-state index is 0.110. The normalized spacial score (nSPS) is 25.7. The first-order chi connectivity index (χ1) is 4.84. The molecule has 1 rings (SSSR count). The minimum Gasteiger partial charge on any atom is -0.307 e. The highest BCUT2D eigenvalue weighted by atomic mass is 35.5. The molecular weight excluding hydrogens is 150 g/mol. The number of rotatable bonds is 3. The van der Waals surface area contributed by atoms with Crippen LogP contribution in [-0.4, -0.2) is 24.2 Å². The van der Waals surface area contributed by atoms with Crippen LogP contribution in [0, 0.1) is 0 Å². The van der Waals surface area contributed by atoms with Crippen molar-refractivity contribution in [1.29, 1.82) is 0 Å². The van der Waals surface area contributed by atoms with E-state index in [1.165, 1.54) is 0 Å². The molecular formula is C7H12ClNO. The van der Waals surface area contributed by atoms with E-state index >= 15 is 0 Å². The topological polar surface area (TPSA) is 29.1 Å². The van der Waals surface area contributed by atoms with E-state index in [4.69, 9.17) is 11.6 Å². The van der Waals surface area contributed by atoms with Crippen LogP contribution in [0.3, 0.4) is 0 Å². The Balaban J connectivity index is 2.20. The Morgan fingerprint density at radius 3 is 3.00 bits per heavy atom. The summed E-state index contributed by atoms with van der Waals surface area (Å²) in [4.78, 5) is 11.0. The molecule has 1 fully saturated rings. The zero-order valence-corrected chi connectivity index (χ0v) is 6.66. The maximum Gasteiger partial charge on any atom is 0.151 e. The van der Waals surface area contributed by atoms with E-state index in [1.807, 2.05) is 0 Å². The average molecular weight is 162 g/mol. The Labute approximate surface area is 65.9 Å². The molecule has 58 valence electrons. The lowest BCUT2D eigenvalue weighted by Crippen LogP contribution is -2.26. The van der Waals surface area contributed by atoms with Crippen molar-refractivity contribution in [2.75, 3.05) is 12.4 Å². The molecule has 0 bridgehead atoms. The van der Waals surface area contributed by atoms with Crippen molar-refractivity contribution in [2.24, 2.45) is 0 Å². The molecule has 1 aliphatic rings. The number of carbonyl (C=O) groups is 1. The summed E-state index contributed by atoms with van der Waals surface area (Å²) in [6, 6.07) is 0.110. The molecule has 0 amide bonds. The predicted molar refractivity (Wildman–Crippen MR) is 41.4 cm³/mol. The number of hydrogen-bond acceptors (Lipinski definition) is 2. The molecule has 1 aliphatic heterocycles. The first-order valence-corrected chi connectivity index (χ1v) is 4.20. The van der Waals surface area contributed by atoms with Gasteiger partial charge in [-0.25, -0.2) is 0 Å². The first-order valence-electron chi connectivity index (χ1n) is 3.66. The van der Waals surface area contributed by atoms with Crippen molar-refractivity contribution in [3.63, 3.8) is 0 Å². The van der Waals surface area contributed by atoms with Crippen molar-refractivity contribution in [2.45, 2.75) is 25.3 Å². The van der Waals surface area contributed by atoms with Crippen LogP contribution >= 0.6 is 11.6 Å². The van der Waals surface area contributed by atoms with Crippen molar-refractivity contribution in [3.8, 4) is 0 Å². The lowest BCUT2D eigenvalue weighted by atomic mass is 10.1. The zero-order chi connectivity index (χ0) is 7.40. The maximum absolute atomic E-state index is 11.0. The Bertz CT molecular complexity index is 127. The van der Waals surface area contributed by atoms with Gasteiger partial charge in [0.25, 0.3) is 0 Å². The second-order valence-electron chi connectivity index (χ2n) is 2.55. The number of Topliss-reactive ketones (excluding diaryl/α,β-unsaturated/α-hetero) is 1. The van der Waals surface area contributed by atoms with E-state index in [9.17, 15) is 4.79 Å². The lowest BCUT2D eigenvalue weighted by Gasteiger charge is -2.05. The van der Waals surface area contributed by atoms with Crippen LogP contribution in [0.25, 0.3) is 0 Å². The largest absolute Gasteiger partial charge is 0.307 e. The molecule has 0 aromatic heterocycles. The highest BCUT2D eigenvalue weighted by Crippen LogP contribution is 2.07. The number of hydrogen-bond donors (Lipinski definition) is 1. The number of alkyl halides is 1. The van der Waals surface area contributed by atoms with Gasteiger partial charge in [-0.05, 0) is 12.8 Å². The second-order valence-corrected chi connectivity index (χ2v) is 2.93. The van der Waals surface area contributed by atoms with Gasteiger partial charge in [0.05, 0.1) is 6.04 Å². The standard InChI is InChI=1S/C7H12ClNO/c8-4-1-2-6-7(10)3-5-9-6/h6,9H,1-5H2. The SMILES string of the molecule is O=C1CCNC1CCCCl. The van der Waals surface area contributed by atoms with Crippen LogP contribution in [0.4, 0.5) is 0 Å². The Morgan fingerprint density at radius 1 is 1.70 bits per heavy atom. The predicted octanol–water partition coefficient (Wildman–Crippen LogP) is 0.936. The Kier molecular flexibility index (Phi) is 3.16. The molecule has 2 nitrogen and oxygen atoms in total. The smallest absolute Gasteiger partial charge is 0.151 e. The summed E-state index contributed by atoms with van der Waals surface area (Å²) in [6.45, 7) is 0.853. The van der Waals surface area contributed by atoms with E-state index in [-0.39, 0.29) is 6.04 Å². The van der Waals surface area contributed by atoms with Crippen molar-refractivity contribution in [1.82, 2.24) is 5.32 Å². The number of nitrogens with one attached hydrogen (secondary N) is 1. The van der Waals surface area contributed by atoms with E-state index in [1.54, 1.807) is 0 Å². The Hall–Kier alpha value is -0.0800.